The van der Waals surface area contributed by atoms with E-state index in [1.54, 1.807) is 31.3 Å². The Morgan fingerprint density at radius 2 is 1.70 bits per heavy atom. The maximum absolute atomic E-state index is 12.6. The molecule has 2 fully saturated rings. The summed E-state index contributed by atoms with van der Waals surface area (Å²) < 4.78 is 0. The average molecular weight is 313 g/mol. The van der Waals surface area contributed by atoms with Crippen molar-refractivity contribution in [3.05, 3.63) is 42.5 Å². The third kappa shape index (κ3) is 2.77. The number of hydrogen-bond acceptors (Lipinski definition) is 3. The monoisotopic (exact) mass is 313 g/mol. The number of amides is 2. The van der Waals surface area contributed by atoms with Crippen LogP contribution in [0.15, 0.2) is 36.9 Å². The number of anilines is 1. The van der Waals surface area contributed by atoms with Gasteiger partial charge in [-0.2, -0.15) is 0 Å². The Kier molecular flexibility index (Phi) is 3.98. The first-order valence-electron chi connectivity index (χ1n) is 7.90. The van der Waals surface area contributed by atoms with E-state index in [9.17, 15) is 9.59 Å². The van der Waals surface area contributed by atoms with Crippen LogP contribution in [0.4, 0.5) is 5.69 Å². The summed E-state index contributed by atoms with van der Waals surface area (Å²) in [4.78, 5) is 29.9. The third-order valence-corrected chi connectivity index (χ3v) is 5.04. The maximum Gasteiger partial charge on any atom is 0.253 e. The number of carbonyl (C=O) groups excluding carboxylic acids is 2. The number of fused-ring (bicyclic) bond motifs is 1. The molecule has 1 aliphatic heterocycles. The summed E-state index contributed by atoms with van der Waals surface area (Å²) in [6, 6.07) is 7.82. The van der Waals surface area contributed by atoms with E-state index in [-0.39, 0.29) is 11.8 Å². The van der Waals surface area contributed by atoms with Crippen LogP contribution in [0.2, 0.25) is 0 Å². The number of carbonyl (C=O) groups is 2. The molecule has 23 heavy (non-hydrogen) atoms. The average Bonchev–Trinajstić information content (AvgIpc) is 3.08. The van der Waals surface area contributed by atoms with Crippen LogP contribution in [0.5, 0.6) is 0 Å². The molecule has 3 rings (SSSR count). The van der Waals surface area contributed by atoms with E-state index >= 15 is 0 Å². The largest absolute Gasteiger partial charge is 0.338 e. The van der Waals surface area contributed by atoms with Crippen LogP contribution in [0.25, 0.3) is 0 Å². The van der Waals surface area contributed by atoms with Crippen molar-refractivity contribution >= 4 is 17.5 Å². The molecule has 1 saturated heterocycles. The summed E-state index contributed by atoms with van der Waals surface area (Å²) in [5.41, 5.74) is 1.43. The van der Waals surface area contributed by atoms with Crippen molar-refractivity contribution in [1.29, 1.82) is 0 Å². The highest BCUT2D eigenvalue weighted by atomic mass is 16.2. The van der Waals surface area contributed by atoms with Crippen LogP contribution in [0.3, 0.4) is 0 Å². The quantitative estimate of drug-likeness (QED) is 0.791. The zero-order valence-corrected chi connectivity index (χ0v) is 13.9. The number of likely N-dealkylation sites (tertiary alicyclic amines) is 1. The molecule has 5 nitrogen and oxygen atoms in total. The van der Waals surface area contributed by atoms with Gasteiger partial charge in [0.2, 0.25) is 5.91 Å². The van der Waals surface area contributed by atoms with E-state index in [0.717, 1.165) is 18.8 Å². The van der Waals surface area contributed by atoms with Crippen LogP contribution in [-0.4, -0.2) is 61.9 Å². The van der Waals surface area contributed by atoms with Gasteiger partial charge in [-0.3, -0.25) is 9.59 Å². The summed E-state index contributed by atoms with van der Waals surface area (Å²) in [7, 11) is 5.90. The second kappa shape index (κ2) is 5.81. The number of rotatable bonds is 4. The van der Waals surface area contributed by atoms with Crippen molar-refractivity contribution in [3.8, 4) is 0 Å². The van der Waals surface area contributed by atoms with Gasteiger partial charge in [0.25, 0.3) is 5.91 Å². The van der Waals surface area contributed by atoms with Crippen molar-refractivity contribution < 1.29 is 9.59 Å². The molecule has 3 atom stereocenters. The van der Waals surface area contributed by atoms with Crippen molar-refractivity contribution in [1.82, 2.24) is 9.80 Å². The predicted octanol–water partition coefficient (Wildman–Crippen LogP) is 1.47. The second-order valence-electron chi connectivity index (χ2n) is 6.64. The van der Waals surface area contributed by atoms with Crippen molar-refractivity contribution in [2.24, 2.45) is 11.8 Å². The van der Waals surface area contributed by atoms with Gasteiger partial charge in [0.15, 0.2) is 0 Å². The molecule has 1 heterocycles. The first-order valence-corrected chi connectivity index (χ1v) is 7.90. The molecule has 122 valence electrons. The highest BCUT2D eigenvalue weighted by molar-refractivity contribution is 6.01. The number of piperidine rings is 1. The Labute approximate surface area is 137 Å². The second-order valence-corrected chi connectivity index (χ2v) is 6.64. The molecular formula is C18H23N3O2. The topological polar surface area (TPSA) is 43.9 Å². The van der Waals surface area contributed by atoms with E-state index in [0.29, 0.717) is 23.4 Å². The predicted molar refractivity (Wildman–Crippen MR) is 90.4 cm³/mol. The van der Waals surface area contributed by atoms with Crippen LogP contribution >= 0.6 is 0 Å². The lowest BCUT2D eigenvalue weighted by molar-refractivity contribution is -0.113. The molecule has 0 spiro atoms. The van der Waals surface area contributed by atoms with Crippen molar-refractivity contribution in [2.75, 3.05) is 39.1 Å². The first-order chi connectivity index (χ1) is 10.9. The van der Waals surface area contributed by atoms with Gasteiger partial charge in [0.1, 0.15) is 0 Å². The normalized spacial score (nSPS) is 25.2. The summed E-state index contributed by atoms with van der Waals surface area (Å²) in [5.74, 6) is 1.17. The Balaban J connectivity index is 1.63. The molecule has 1 aromatic rings. The van der Waals surface area contributed by atoms with Gasteiger partial charge in [-0.05, 0) is 56.3 Å². The van der Waals surface area contributed by atoms with Gasteiger partial charge in [0.05, 0.1) is 0 Å². The lowest BCUT2D eigenvalue weighted by atomic mass is 10.1. The van der Waals surface area contributed by atoms with Crippen LogP contribution in [0, 0.1) is 11.8 Å². The molecule has 5 heteroatoms. The fourth-order valence-electron chi connectivity index (χ4n) is 3.70. The summed E-state index contributed by atoms with van der Waals surface area (Å²) >= 11 is 0. The Morgan fingerprint density at radius 1 is 1.13 bits per heavy atom. The molecule has 1 unspecified atom stereocenters. The molecule has 1 aliphatic carbocycles. The molecule has 1 aromatic carbocycles. The number of likely N-dealkylation sites (N-methyl/N-ethyl adjacent to an activating group) is 1. The summed E-state index contributed by atoms with van der Waals surface area (Å²) in [6.07, 6.45) is 1.27. The van der Waals surface area contributed by atoms with E-state index < -0.39 is 0 Å². The lowest BCUT2D eigenvalue weighted by Crippen LogP contribution is -2.35. The van der Waals surface area contributed by atoms with Crippen LogP contribution in [-0.2, 0) is 4.79 Å². The minimum Gasteiger partial charge on any atom is -0.338 e. The Hall–Kier alpha value is -2.14. The minimum atomic E-state index is -0.168. The summed E-state index contributed by atoms with van der Waals surface area (Å²) in [6.45, 7) is 5.18. The zero-order chi connectivity index (χ0) is 16.7. The molecule has 1 saturated carbocycles. The fraction of sp³-hybridized carbons (Fsp3) is 0.444. The Morgan fingerprint density at radius 3 is 2.17 bits per heavy atom. The van der Waals surface area contributed by atoms with Crippen molar-refractivity contribution in [3.63, 3.8) is 0 Å². The Bertz CT molecular complexity index is 626. The molecule has 2 aliphatic rings. The van der Waals surface area contributed by atoms with Crippen LogP contribution < -0.4 is 4.90 Å². The first kappa shape index (κ1) is 15.7. The van der Waals surface area contributed by atoms with Gasteiger partial charge < -0.3 is 14.7 Å². The smallest absolute Gasteiger partial charge is 0.253 e. The van der Waals surface area contributed by atoms with Crippen molar-refractivity contribution in [2.45, 2.75) is 6.04 Å². The van der Waals surface area contributed by atoms with Gasteiger partial charge in [-0.15, -0.1) is 0 Å². The molecule has 0 aromatic heterocycles. The summed E-state index contributed by atoms with van der Waals surface area (Å²) in [5, 5.41) is 0. The standard InChI is InChI=1S/C18H23N3O2/c1-5-16(22)20(4)13-8-6-12(7-9-13)18(23)21-10-14-15(11-21)17(14)19(2)3/h5-9,14-15,17H,1,10-11H2,2-4H3/t14-,15+,17?. The highest BCUT2D eigenvalue weighted by Gasteiger charge is 2.57. The maximum atomic E-state index is 12.6. The third-order valence-electron chi connectivity index (χ3n) is 5.04. The SMILES string of the molecule is C=CC(=O)N(C)c1ccc(C(=O)N2C[C@@H]3C(N(C)C)[C@@H]3C2)cc1. The number of hydrogen-bond donors (Lipinski definition) is 0. The fourth-order valence-corrected chi connectivity index (χ4v) is 3.70. The number of nitrogens with zero attached hydrogens (tertiary/aromatic N) is 3. The number of benzene rings is 1. The van der Waals surface area contributed by atoms with Gasteiger partial charge in [-0.25, -0.2) is 0 Å². The molecular weight excluding hydrogens is 290 g/mol. The highest BCUT2D eigenvalue weighted by Crippen LogP contribution is 2.48. The lowest BCUT2D eigenvalue weighted by Gasteiger charge is -2.22. The van der Waals surface area contributed by atoms with E-state index in [2.05, 4.69) is 25.6 Å². The van der Waals surface area contributed by atoms with E-state index in [1.165, 1.54) is 11.0 Å². The molecule has 0 radical (unpaired) electrons. The van der Waals surface area contributed by atoms with E-state index in [4.69, 9.17) is 0 Å². The molecule has 2 amide bonds. The van der Waals surface area contributed by atoms with E-state index in [1.807, 2.05) is 4.90 Å². The molecule has 0 N–H and O–H groups in total. The van der Waals surface area contributed by atoms with Gasteiger partial charge >= 0.3 is 0 Å². The zero-order valence-electron chi connectivity index (χ0n) is 13.9. The van der Waals surface area contributed by atoms with Gasteiger partial charge in [-0.1, -0.05) is 6.58 Å². The van der Waals surface area contributed by atoms with Crippen LogP contribution in [0.1, 0.15) is 10.4 Å². The van der Waals surface area contributed by atoms with Gasteiger partial charge in [0, 0.05) is 37.4 Å². The molecule has 0 bridgehead atoms. The minimum absolute atomic E-state index is 0.0824.